The number of hydrogen-bond donors (Lipinski definition) is 1. The van der Waals surface area contributed by atoms with Crippen LogP contribution in [0.25, 0.3) is 0 Å². The topological polar surface area (TPSA) is 94.6 Å². The van der Waals surface area contributed by atoms with Crippen molar-refractivity contribution in [3.8, 4) is 5.75 Å². The van der Waals surface area contributed by atoms with Crippen molar-refractivity contribution >= 4 is 11.9 Å². The fourth-order valence-electron chi connectivity index (χ4n) is 2.72. The van der Waals surface area contributed by atoms with Gasteiger partial charge in [-0.05, 0) is 31.9 Å². The van der Waals surface area contributed by atoms with Gasteiger partial charge in [0.25, 0.3) is 0 Å². The van der Waals surface area contributed by atoms with Crippen LogP contribution in [0.4, 0.5) is 0 Å². The smallest absolute Gasteiger partial charge is 0.311 e. The van der Waals surface area contributed by atoms with Crippen LogP contribution in [-0.4, -0.2) is 55.7 Å². The lowest BCUT2D eigenvalue weighted by atomic mass is 9.79. The van der Waals surface area contributed by atoms with E-state index in [1.165, 1.54) is 0 Å². The molecule has 1 N–H and O–H groups in total. The van der Waals surface area contributed by atoms with Gasteiger partial charge in [0.1, 0.15) is 37.8 Å². The summed E-state index contributed by atoms with van der Waals surface area (Å²) in [6.07, 6.45) is -0.0734. The van der Waals surface area contributed by atoms with Crippen molar-refractivity contribution in [1.82, 2.24) is 0 Å². The Morgan fingerprint density at radius 1 is 1.25 bits per heavy atom. The number of aliphatic hydroxyl groups excluding tert-OH is 1. The highest BCUT2D eigenvalue weighted by Crippen LogP contribution is 2.32. The average molecular weight is 394 g/mol. The standard InChI is InChI=1S/C21H30O7/c1-4-21(3,20(24)28-14-18-13-26-18)10-15(2)19(23)27-12-16(22)11-25-17-8-6-5-7-9-17/h5-9,15-16,18,22H,4,10-14H2,1-3H3. The highest BCUT2D eigenvalue weighted by Gasteiger charge is 2.38. The van der Waals surface area contributed by atoms with Crippen LogP contribution in [-0.2, 0) is 23.8 Å². The van der Waals surface area contributed by atoms with Gasteiger partial charge >= 0.3 is 11.9 Å². The fraction of sp³-hybridized carbons (Fsp3) is 0.619. The molecule has 1 aromatic rings. The third kappa shape index (κ3) is 7.13. The minimum Gasteiger partial charge on any atom is -0.491 e. The molecule has 7 nitrogen and oxygen atoms in total. The predicted octanol–water partition coefficient (Wildman–Crippen LogP) is 2.35. The molecule has 0 spiro atoms. The second-order valence-electron chi connectivity index (χ2n) is 7.48. The molecule has 1 aliphatic rings. The first kappa shape index (κ1) is 22.2. The van der Waals surface area contributed by atoms with Gasteiger partial charge in [0.05, 0.1) is 17.9 Å². The monoisotopic (exact) mass is 394 g/mol. The van der Waals surface area contributed by atoms with Crippen LogP contribution in [0.2, 0.25) is 0 Å². The van der Waals surface area contributed by atoms with Gasteiger partial charge in [0.15, 0.2) is 0 Å². The van der Waals surface area contributed by atoms with Crippen molar-refractivity contribution in [2.75, 3.05) is 26.4 Å². The zero-order valence-electron chi connectivity index (χ0n) is 16.8. The first-order chi connectivity index (χ1) is 13.3. The molecule has 1 aromatic carbocycles. The number of hydrogen-bond acceptors (Lipinski definition) is 7. The maximum atomic E-state index is 12.4. The number of para-hydroxylation sites is 1. The van der Waals surface area contributed by atoms with Crippen LogP contribution in [0, 0.1) is 11.3 Å². The van der Waals surface area contributed by atoms with E-state index >= 15 is 0 Å². The number of carbonyl (C=O) groups is 2. The Bertz CT molecular complexity index is 629. The molecule has 0 radical (unpaired) electrons. The molecule has 4 atom stereocenters. The van der Waals surface area contributed by atoms with Crippen molar-refractivity contribution in [2.45, 2.75) is 45.8 Å². The highest BCUT2D eigenvalue weighted by atomic mass is 16.6. The maximum Gasteiger partial charge on any atom is 0.311 e. The summed E-state index contributed by atoms with van der Waals surface area (Å²) in [4.78, 5) is 24.7. The molecular weight excluding hydrogens is 364 g/mol. The molecule has 4 unspecified atom stereocenters. The molecule has 0 amide bonds. The van der Waals surface area contributed by atoms with Gasteiger partial charge in [-0.3, -0.25) is 9.59 Å². The summed E-state index contributed by atoms with van der Waals surface area (Å²) >= 11 is 0. The van der Waals surface area contributed by atoms with E-state index in [1.807, 2.05) is 25.1 Å². The van der Waals surface area contributed by atoms with Crippen molar-refractivity contribution in [2.24, 2.45) is 11.3 Å². The Labute approximate surface area is 165 Å². The average Bonchev–Trinajstić information content (AvgIpc) is 3.53. The van der Waals surface area contributed by atoms with Gasteiger partial charge in [0, 0.05) is 0 Å². The van der Waals surface area contributed by atoms with Gasteiger partial charge in [-0.25, -0.2) is 0 Å². The molecule has 0 saturated carbocycles. The van der Waals surface area contributed by atoms with Crippen molar-refractivity contribution in [1.29, 1.82) is 0 Å². The second kappa shape index (κ2) is 10.4. The zero-order valence-corrected chi connectivity index (χ0v) is 16.8. The summed E-state index contributed by atoms with van der Waals surface area (Å²) in [5.74, 6) is -0.662. The van der Waals surface area contributed by atoms with E-state index in [2.05, 4.69) is 0 Å². The van der Waals surface area contributed by atoms with Gasteiger partial charge in [-0.1, -0.05) is 32.0 Å². The normalized spacial score (nSPS) is 19.8. The Morgan fingerprint density at radius 3 is 2.54 bits per heavy atom. The van der Waals surface area contributed by atoms with Crippen LogP contribution in [0.3, 0.4) is 0 Å². The quantitative estimate of drug-likeness (QED) is 0.429. The summed E-state index contributed by atoms with van der Waals surface area (Å²) in [6, 6.07) is 9.08. The number of rotatable bonds is 12. The molecule has 7 heteroatoms. The van der Waals surface area contributed by atoms with Crippen molar-refractivity contribution in [3.63, 3.8) is 0 Å². The number of aliphatic hydroxyl groups is 1. The molecule has 156 valence electrons. The molecule has 0 aromatic heterocycles. The zero-order chi connectivity index (χ0) is 20.6. The van der Waals surface area contributed by atoms with Crippen LogP contribution in [0.1, 0.15) is 33.6 Å². The summed E-state index contributed by atoms with van der Waals surface area (Å²) in [7, 11) is 0. The summed E-state index contributed by atoms with van der Waals surface area (Å²) in [6.45, 7) is 6.11. The molecule has 1 aliphatic heterocycles. The van der Waals surface area contributed by atoms with Gasteiger partial charge < -0.3 is 24.1 Å². The van der Waals surface area contributed by atoms with Crippen LogP contribution >= 0.6 is 0 Å². The summed E-state index contributed by atoms with van der Waals surface area (Å²) in [5, 5.41) is 9.95. The molecular formula is C21H30O7. The molecule has 28 heavy (non-hydrogen) atoms. The molecule has 0 bridgehead atoms. The highest BCUT2D eigenvalue weighted by molar-refractivity contribution is 5.78. The van der Waals surface area contributed by atoms with Crippen molar-refractivity contribution in [3.05, 3.63) is 30.3 Å². The van der Waals surface area contributed by atoms with Crippen LogP contribution in [0.5, 0.6) is 5.75 Å². The van der Waals surface area contributed by atoms with Crippen molar-refractivity contribution < 1.29 is 33.6 Å². The van der Waals surface area contributed by atoms with Gasteiger partial charge in [-0.2, -0.15) is 0 Å². The predicted molar refractivity (Wildman–Crippen MR) is 102 cm³/mol. The fourth-order valence-corrected chi connectivity index (χ4v) is 2.72. The van der Waals surface area contributed by atoms with Crippen LogP contribution in [0.15, 0.2) is 30.3 Å². The number of epoxide rings is 1. The van der Waals surface area contributed by atoms with E-state index < -0.39 is 23.4 Å². The van der Waals surface area contributed by atoms with E-state index in [1.54, 1.807) is 26.0 Å². The van der Waals surface area contributed by atoms with Gasteiger partial charge in [0.2, 0.25) is 0 Å². The maximum absolute atomic E-state index is 12.4. The number of benzene rings is 1. The SMILES string of the molecule is CCC(C)(CC(C)C(=O)OCC(O)COc1ccccc1)C(=O)OCC1CO1. The largest absolute Gasteiger partial charge is 0.491 e. The van der Waals surface area contributed by atoms with E-state index in [0.717, 1.165) is 0 Å². The Balaban J connectivity index is 1.72. The van der Waals surface area contributed by atoms with E-state index in [4.69, 9.17) is 18.9 Å². The first-order valence-electron chi connectivity index (χ1n) is 9.65. The van der Waals surface area contributed by atoms with Crippen LogP contribution < -0.4 is 4.74 Å². The summed E-state index contributed by atoms with van der Waals surface area (Å²) in [5.41, 5.74) is -0.775. The third-order valence-electron chi connectivity index (χ3n) is 4.84. The first-order valence-corrected chi connectivity index (χ1v) is 9.65. The second-order valence-corrected chi connectivity index (χ2v) is 7.48. The lowest BCUT2D eigenvalue weighted by Gasteiger charge is -2.28. The Kier molecular flexibility index (Phi) is 8.26. The third-order valence-corrected chi connectivity index (χ3v) is 4.84. The molecule has 0 aliphatic carbocycles. The number of ether oxygens (including phenoxy) is 4. The van der Waals surface area contributed by atoms with E-state index in [-0.39, 0.29) is 31.9 Å². The number of carbonyl (C=O) groups excluding carboxylic acids is 2. The van der Waals surface area contributed by atoms with Gasteiger partial charge in [-0.15, -0.1) is 0 Å². The minimum atomic E-state index is -0.933. The Morgan fingerprint density at radius 2 is 1.93 bits per heavy atom. The number of esters is 2. The van der Waals surface area contributed by atoms with E-state index in [9.17, 15) is 14.7 Å². The Hall–Kier alpha value is -2.12. The van der Waals surface area contributed by atoms with E-state index in [0.29, 0.717) is 25.2 Å². The lowest BCUT2D eigenvalue weighted by molar-refractivity contribution is -0.160. The molecule has 1 saturated heterocycles. The lowest BCUT2D eigenvalue weighted by Crippen LogP contribution is -2.35. The minimum absolute atomic E-state index is 0.00652. The molecule has 1 fully saturated rings. The molecule has 2 rings (SSSR count). The summed E-state index contributed by atoms with van der Waals surface area (Å²) < 4.78 is 21.0. The molecule has 1 heterocycles.